The molecule has 0 aliphatic heterocycles. The molecule has 6 nitrogen and oxygen atoms in total. The minimum Gasteiger partial charge on any atom is -0.497 e. The molecule has 182 valence electrons. The Hall–Kier alpha value is -3.80. The van der Waals surface area contributed by atoms with Crippen molar-refractivity contribution >= 4 is 10.9 Å². The summed E-state index contributed by atoms with van der Waals surface area (Å²) >= 11 is 0. The lowest BCUT2D eigenvalue weighted by atomic mass is 10.1. The van der Waals surface area contributed by atoms with Crippen LogP contribution in [0.3, 0.4) is 0 Å². The molecule has 0 spiro atoms. The molecule has 0 fully saturated rings. The van der Waals surface area contributed by atoms with Gasteiger partial charge in [0.2, 0.25) is 0 Å². The van der Waals surface area contributed by atoms with Crippen LogP contribution < -0.4 is 19.8 Å². The largest absolute Gasteiger partial charge is 0.497 e. The first-order valence-electron chi connectivity index (χ1n) is 12.1. The third-order valence-corrected chi connectivity index (χ3v) is 6.07. The van der Waals surface area contributed by atoms with Crippen LogP contribution in [0, 0.1) is 0 Å². The topological polar surface area (TPSA) is 62.6 Å². The molecule has 0 aliphatic rings. The number of rotatable bonds is 11. The van der Waals surface area contributed by atoms with Crippen LogP contribution in [0.25, 0.3) is 22.3 Å². The molecule has 0 bridgehead atoms. The zero-order chi connectivity index (χ0) is 24.6. The SMILES string of the molecule is CCCCCCOc1ccccc1-c1nc2ccccc2c(=O)n1Cc1ccc(OC)cc1OC. The minimum atomic E-state index is -0.110. The van der Waals surface area contributed by atoms with E-state index in [-0.39, 0.29) is 5.56 Å². The van der Waals surface area contributed by atoms with E-state index >= 15 is 0 Å². The van der Waals surface area contributed by atoms with E-state index in [2.05, 4.69) is 6.92 Å². The molecule has 0 saturated carbocycles. The Balaban J connectivity index is 1.81. The van der Waals surface area contributed by atoms with Crippen molar-refractivity contribution in [3.8, 4) is 28.6 Å². The van der Waals surface area contributed by atoms with Gasteiger partial charge in [0, 0.05) is 11.6 Å². The van der Waals surface area contributed by atoms with Gasteiger partial charge in [-0.15, -0.1) is 0 Å². The van der Waals surface area contributed by atoms with Crippen molar-refractivity contribution in [2.24, 2.45) is 0 Å². The van der Waals surface area contributed by atoms with Gasteiger partial charge in [-0.2, -0.15) is 0 Å². The van der Waals surface area contributed by atoms with E-state index in [1.807, 2.05) is 66.7 Å². The summed E-state index contributed by atoms with van der Waals surface area (Å²) in [6.45, 7) is 3.11. The van der Waals surface area contributed by atoms with Gasteiger partial charge < -0.3 is 14.2 Å². The lowest BCUT2D eigenvalue weighted by Gasteiger charge is -2.18. The maximum Gasteiger partial charge on any atom is 0.261 e. The molecule has 0 unspecified atom stereocenters. The van der Waals surface area contributed by atoms with Gasteiger partial charge in [-0.3, -0.25) is 9.36 Å². The molecule has 4 aromatic rings. The molecule has 6 heteroatoms. The molecule has 0 amide bonds. The Morgan fingerprint density at radius 2 is 1.66 bits per heavy atom. The minimum absolute atomic E-state index is 0.110. The van der Waals surface area contributed by atoms with E-state index in [9.17, 15) is 4.79 Å². The van der Waals surface area contributed by atoms with Crippen LogP contribution >= 0.6 is 0 Å². The highest BCUT2D eigenvalue weighted by Crippen LogP contribution is 2.31. The Kier molecular flexibility index (Phi) is 8.03. The molecule has 0 saturated heterocycles. The van der Waals surface area contributed by atoms with Crippen molar-refractivity contribution in [3.63, 3.8) is 0 Å². The third kappa shape index (κ3) is 5.48. The van der Waals surface area contributed by atoms with Gasteiger partial charge in [0.15, 0.2) is 0 Å². The first kappa shape index (κ1) is 24.3. The number of methoxy groups -OCH3 is 2. The molecule has 1 heterocycles. The summed E-state index contributed by atoms with van der Waals surface area (Å²) in [4.78, 5) is 18.6. The summed E-state index contributed by atoms with van der Waals surface area (Å²) in [5.41, 5.74) is 2.19. The van der Waals surface area contributed by atoms with E-state index in [1.54, 1.807) is 18.8 Å². The molecule has 4 rings (SSSR count). The molecular weight excluding hydrogens is 440 g/mol. The quantitative estimate of drug-likeness (QED) is 0.247. The van der Waals surface area contributed by atoms with Crippen molar-refractivity contribution in [1.82, 2.24) is 9.55 Å². The van der Waals surface area contributed by atoms with Crippen LogP contribution in [0.15, 0.2) is 71.5 Å². The number of unbranched alkanes of at least 4 members (excludes halogenated alkanes) is 3. The third-order valence-electron chi connectivity index (χ3n) is 6.07. The average molecular weight is 473 g/mol. The summed E-state index contributed by atoms with van der Waals surface area (Å²) in [7, 11) is 3.23. The summed E-state index contributed by atoms with van der Waals surface area (Å²) in [6.07, 6.45) is 4.50. The first-order valence-corrected chi connectivity index (χ1v) is 12.1. The van der Waals surface area contributed by atoms with Crippen LogP contribution in [0.5, 0.6) is 17.2 Å². The molecule has 0 N–H and O–H groups in total. The molecule has 0 aliphatic carbocycles. The van der Waals surface area contributed by atoms with Crippen molar-refractivity contribution in [3.05, 3.63) is 82.6 Å². The zero-order valence-corrected chi connectivity index (χ0v) is 20.6. The summed E-state index contributed by atoms with van der Waals surface area (Å²) in [6, 6.07) is 20.8. The Morgan fingerprint density at radius 3 is 2.46 bits per heavy atom. The Morgan fingerprint density at radius 1 is 0.857 bits per heavy atom. The van der Waals surface area contributed by atoms with E-state index in [1.165, 1.54) is 12.8 Å². The molecular formula is C29H32N2O4. The number of benzene rings is 3. The van der Waals surface area contributed by atoms with Crippen LogP contribution in [0.4, 0.5) is 0 Å². The summed E-state index contributed by atoms with van der Waals surface area (Å²) in [5, 5.41) is 0.571. The second kappa shape index (κ2) is 11.6. The predicted molar refractivity (Wildman–Crippen MR) is 140 cm³/mol. The number of nitrogens with zero attached hydrogens (tertiary/aromatic N) is 2. The molecule has 0 radical (unpaired) electrons. The predicted octanol–water partition coefficient (Wildman–Crippen LogP) is 6.09. The van der Waals surface area contributed by atoms with Crippen LogP contribution in [-0.4, -0.2) is 30.4 Å². The van der Waals surface area contributed by atoms with Gasteiger partial charge in [-0.25, -0.2) is 4.98 Å². The highest BCUT2D eigenvalue weighted by molar-refractivity contribution is 5.80. The molecule has 1 aromatic heterocycles. The second-order valence-electron chi connectivity index (χ2n) is 8.43. The fraction of sp³-hybridized carbons (Fsp3) is 0.310. The number of para-hydroxylation sites is 2. The zero-order valence-electron chi connectivity index (χ0n) is 20.6. The van der Waals surface area contributed by atoms with Gasteiger partial charge in [0.25, 0.3) is 5.56 Å². The van der Waals surface area contributed by atoms with E-state index < -0.39 is 0 Å². The number of ether oxygens (including phenoxy) is 3. The first-order chi connectivity index (χ1) is 17.2. The van der Waals surface area contributed by atoms with Gasteiger partial charge >= 0.3 is 0 Å². The number of hydrogen-bond donors (Lipinski definition) is 0. The van der Waals surface area contributed by atoms with Gasteiger partial charge in [0.05, 0.1) is 43.8 Å². The standard InChI is InChI=1S/C29H32N2O4/c1-4-5-6-11-18-35-26-15-10-8-13-24(26)28-30-25-14-9-7-12-23(25)29(32)31(28)20-21-16-17-22(33-2)19-27(21)34-3/h7-10,12-17,19H,4-6,11,18,20H2,1-3H3. The van der Waals surface area contributed by atoms with Crippen LogP contribution in [-0.2, 0) is 6.54 Å². The summed E-state index contributed by atoms with van der Waals surface area (Å²) in [5.74, 6) is 2.63. The lowest BCUT2D eigenvalue weighted by Crippen LogP contribution is -2.24. The number of fused-ring (bicyclic) bond motifs is 1. The maximum absolute atomic E-state index is 13.7. The van der Waals surface area contributed by atoms with Crippen LogP contribution in [0.2, 0.25) is 0 Å². The highest BCUT2D eigenvalue weighted by Gasteiger charge is 2.18. The monoisotopic (exact) mass is 472 g/mol. The fourth-order valence-electron chi connectivity index (χ4n) is 4.16. The number of hydrogen-bond acceptors (Lipinski definition) is 5. The van der Waals surface area contributed by atoms with Crippen molar-refractivity contribution in [2.45, 2.75) is 39.2 Å². The Bertz CT molecular complexity index is 1350. The van der Waals surface area contributed by atoms with Gasteiger partial charge in [0.1, 0.15) is 23.1 Å². The van der Waals surface area contributed by atoms with Gasteiger partial charge in [-0.1, -0.05) is 50.5 Å². The molecule has 0 atom stereocenters. The van der Waals surface area contributed by atoms with Crippen molar-refractivity contribution in [1.29, 1.82) is 0 Å². The van der Waals surface area contributed by atoms with E-state index in [0.717, 1.165) is 29.7 Å². The highest BCUT2D eigenvalue weighted by atomic mass is 16.5. The van der Waals surface area contributed by atoms with E-state index in [4.69, 9.17) is 19.2 Å². The smallest absolute Gasteiger partial charge is 0.261 e. The Labute approximate surface area is 206 Å². The average Bonchev–Trinajstić information content (AvgIpc) is 2.90. The second-order valence-corrected chi connectivity index (χ2v) is 8.43. The fourth-order valence-corrected chi connectivity index (χ4v) is 4.16. The summed E-state index contributed by atoms with van der Waals surface area (Å²) < 4.78 is 18.8. The van der Waals surface area contributed by atoms with Gasteiger partial charge in [-0.05, 0) is 42.8 Å². The molecule has 35 heavy (non-hydrogen) atoms. The lowest BCUT2D eigenvalue weighted by molar-refractivity contribution is 0.306. The maximum atomic E-state index is 13.7. The van der Waals surface area contributed by atoms with Crippen molar-refractivity contribution in [2.75, 3.05) is 20.8 Å². The molecule has 3 aromatic carbocycles. The normalized spacial score (nSPS) is 10.9. The number of aromatic nitrogens is 2. The van der Waals surface area contributed by atoms with Crippen LogP contribution in [0.1, 0.15) is 38.2 Å². The van der Waals surface area contributed by atoms with Crippen molar-refractivity contribution < 1.29 is 14.2 Å². The van der Waals surface area contributed by atoms with E-state index in [0.29, 0.717) is 41.4 Å².